The molecular weight excluding hydrogens is 474 g/mol. The molecule has 1 aliphatic rings. The Morgan fingerprint density at radius 1 is 1.15 bits per heavy atom. The van der Waals surface area contributed by atoms with Crippen LogP contribution in [0.4, 0.5) is 0 Å². The van der Waals surface area contributed by atoms with Crippen molar-refractivity contribution >= 4 is 41.5 Å². The number of nitrogens with one attached hydrogen (secondary N) is 2. The molecule has 10 heteroatoms. The molecule has 8 nitrogen and oxygen atoms in total. The lowest BCUT2D eigenvalue weighted by Gasteiger charge is -2.21. The summed E-state index contributed by atoms with van der Waals surface area (Å²) in [6, 6.07) is 14.0. The Hall–Kier alpha value is -3.17. The normalized spacial score (nSPS) is 14.4. The van der Waals surface area contributed by atoms with E-state index in [-0.39, 0.29) is 17.2 Å². The summed E-state index contributed by atoms with van der Waals surface area (Å²) in [5, 5.41) is 23.9. The molecule has 1 heterocycles. The monoisotopic (exact) mass is 497 g/mol. The van der Waals surface area contributed by atoms with Crippen LogP contribution in [0.25, 0.3) is 11.4 Å². The first-order valence-corrected chi connectivity index (χ1v) is 12.4. The second-order valence-electron chi connectivity index (χ2n) is 8.01. The first-order valence-electron chi connectivity index (χ1n) is 11.0. The summed E-state index contributed by atoms with van der Waals surface area (Å²) < 4.78 is 2.21. The van der Waals surface area contributed by atoms with Crippen LogP contribution in [0.1, 0.15) is 54.1 Å². The number of aromatic amines is 1. The van der Waals surface area contributed by atoms with Crippen molar-refractivity contribution in [1.82, 2.24) is 15.6 Å². The number of aromatic nitrogens is 3. The van der Waals surface area contributed by atoms with Crippen LogP contribution < -0.4 is 15.1 Å². The summed E-state index contributed by atoms with van der Waals surface area (Å²) in [7, 11) is 0. The van der Waals surface area contributed by atoms with Crippen molar-refractivity contribution in [2.45, 2.75) is 43.3 Å². The molecule has 2 N–H and O–H groups in total. The Kier molecular flexibility index (Phi) is 7.97. The van der Waals surface area contributed by atoms with Gasteiger partial charge in [-0.15, -0.1) is 5.10 Å². The predicted octanol–water partition coefficient (Wildman–Crippen LogP) is 3.13. The molecule has 0 radical (unpaired) electrons. The summed E-state index contributed by atoms with van der Waals surface area (Å²) in [5.41, 5.74) is 4.24. The third-order valence-electron chi connectivity index (χ3n) is 5.64. The molecule has 1 aromatic heterocycles. The Bertz CT molecular complexity index is 1170. The summed E-state index contributed by atoms with van der Waals surface area (Å²) in [4.78, 5) is 23.2. The van der Waals surface area contributed by atoms with Crippen LogP contribution in [0.5, 0.6) is 0 Å². The van der Waals surface area contributed by atoms with Gasteiger partial charge in [0, 0.05) is 5.02 Å². The highest BCUT2D eigenvalue weighted by atomic mass is 35.5. The molecule has 1 aliphatic carbocycles. The number of rotatable bonds is 8. The molecule has 0 saturated heterocycles. The van der Waals surface area contributed by atoms with Gasteiger partial charge in [0.1, 0.15) is 0 Å². The zero-order valence-corrected chi connectivity index (χ0v) is 19.9. The number of thioether (sulfide) groups is 1. The van der Waals surface area contributed by atoms with Gasteiger partial charge in [-0.1, -0.05) is 42.3 Å². The van der Waals surface area contributed by atoms with Crippen LogP contribution in [0.15, 0.2) is 58.8 Å². The van der Waals surface area contributed by atoms with E-state index in [1.807, 2.05) is 24.3 Å². The number of carbonyl (C=O) groups is 2. The van der Waals surface area contributed by atoms with Crippen LogP contribution in [0.2, 0.25) is 5.02 Å². The highest BCUT2D eigenvalue weighted by molar-refractivity contribution is 7.99. The molecule has 3 aromatic rings. The molecule has 0 unspecified atom stereocenters. The number of amides is 1. The zero-order valence-electron chi connectivity index (χ0n) is 18.4. The van der Waals surface area contributed by atoms with Crippen molar-refractivity contribution in [3.8, 4) is 11.4 Å². The van der Waals surface area contributed by atoms with Crippen LogP contribution in [-0.2, 0) is 4.79 Å². The van der Waals surface area contributed by atoms with E-state index in [9.17, 15) is 14.7 Å². The molecule has 0 atom stereocenters. The van der Waals surface area contributed by atoms with Gasteiger partial charge in [-0.25, -0.2) is 9.99 Å². The molecule has 176 valence electrons. The number of carboxylic acids is 1. The summed E-state index contributed by atoms with van der Waals surface area (Å²) in [5.74, 6) is -0.446. The number of carboxylic acid groups (broad SMARTS) is 1. The van der Waals surface area contributed by atoms with Crippen molar-refractivity contribution in [2.24, 2.45) is 5.10 Å². The predicted molar refractivity (Wildman–Crippen MR) is 129 cm³/mol. The van der Waals surface area contributed by atoms with Gasteiger partial charge >= 0.3 is 5.16 Å². The maximum atomic E-state index is 12.4. The van der Waals surface area contributed by atoms with E-state index >= 15 is 0 Å². The van der Waals surface area contributed by atoms with Gasteiger partial charge in [0.2, 0.25) is 0 Å². The molecule has 0 bridgehead atoms. The van der Waals surface area contributed by atoms with E-state index in [1.165, 1.54) is 49.4 Å². The number of hydrazone groups is 1. The minimum Gasteiger partial charge on any atom is -0.545 e. The number of H-pyrrole nitrogens is 1. The fourth-order valence-corrected chi connectivity index (χ4v) is 4.88. The van der Waals surface area contributed by atoms with Crippen molar-refractivity contribution in [2.75, 3.05) is 5.75 Å². The van der Waals surface area contributed by atoms with E-state index in [1.54, 1.807) is 12.1 Å². The average Bonchev–Trinajstić information content (AvgIpc) is 3.28. The van der Waals surface area contributed by atoms with Crippen molar-refractivity contribution in [3.05, 3.63) is 64.7 Å². The van der Waals surface area contributed by atoms with Gasteiger partial charge in [-0.3, -0.25) is 4.79 Å². The molecular formula is C24H24ClN5O3S. The van der Waals surface area contributed by atoms with Gasteiger partial charge in [-0.05, 0) is 72.8 Å². The third-order valence-corrected chi connectivity index (χ3v) is 6.85. The fourth-order valence-electron chi connectivity index (χ4n) is 3.94. The topological polar surface area (TPSA) is 114 Å². The minimum absolute atomic E-state index is 0.0841. The lowest BCUT2D eigenvalue weighted by atomic mass is 9.95. The Balaban J connectivity index is 1.42. The van der Waals surface area contributed by atoms with Gasteiger partial charge in [0.05, 0.1) is 34.6 Å². The fraction of sp³-hybridized carbons (Fsp3) is 0.292. The van der Waals surface area contributed by atoms with Crippen LogP contribution in [0.3, 0.4) is 0 Å². The molecule has 2 aromatic carbocycles. The minimum atomic E-state index is -1.24. The summed E-state index contributed by atoms with van der Waals surface area (Å²) in [6.07, 6.45) is 7.19. The van der Waals surface area contributed by atoms with Gasteiger partial charge in [0.25, 0.3) is 11.7 Å². The Labute approximate surface area is 206 Å². The molecule has 1 fully saturated rings. The number of benzene rings is 2. The number of aromatic carboxylic acids is 1. The number of halogens is 1. The first-order chi connectivity index (χ1) is 16.5. The summed E-state index contributed by atoms with van der Waals surface area (Å²) in [6.45, 7) is 0. The van der Waals surface area contributed by atoms with Crippen LogP contribution >= 0.6 is 23.4 Å². The lowest BCUT2D eigenvalue weighted by molar-refractivity contribution is -0.749. The standard InChI is InChI=1S/C24H24ClN5O3S/c25-19-12-10-17(11-13-19)22-28-29-24(30(22)20-4-2-1-3-5-20)34-15-21(31)27-26-14-16-6-8-18(9-7-16)23(32)33/h6-14,20H,1-5,15H2,(H2,27,31,32,33). The second kappa shape index (κ2) is 11.3. The maximum Gasteiger partial charge on any atom is 0.337 e. The molecule has 0 spiro atoms. The highest BCUT2D eigenvalue weighted by Crippen LogP contribution is 2.29. The maximum absolute atomic E-state index is 12.4. The van der Waals surface area contributed by atoms with E-state index in [0.29, 0.717) is 16.6 Å². The van der Waals surface area contributed by atoms with Crippen LogP contribution in [0, 0.1) is 0 Å². The SMILES string of the molecule is O=C(CSc1n[nH]c(-c2ccc(Cl)cc2)[n+]1C1CCCCC1)NN=Cc1ccc(C(=O)[O-])cc1. The Morgan fingerprint density at radius 3 is 2.53 bits per heavy atom. The zero-order chi connectivity index (χ0) is 23.9. The molecule has 34 heavy (non-hydrogen) atoms. The molecule has 4 rings (SSSR count). The Morgan fingerprint density at radius 2 is 1.85 bits per heavy atom. The van der Waals surface area contributed by atoms with Gasteiger partial charge < -0.3 is 9.90 Å². The molecule has 1 saturated carbocycles. The van der Waals surface area contributed by atoms with Crippen molar-refractivity contribution in [1.29, 1.82) is 0 Å². The quantitative estimate of drug-likeness (QED) is 0.215. The van der Waals surface area contributed by atoms with Gasteiger partial charge in [-0.2, -0.15) is 5.10 Å². The highest BCUT2D eigenvalue weighted by Gasteiger charge is 2.30. The van der Waals surface area contributed by atoms with E-state index in [0.717, 1.165) is 29.4 Å². The summed E-state index contributed by atoms with van der Waals surface area (Å²) >= 11 is 7.41. The first kappa shape index (κ1) is 24.0. The van der Waals surface area contributed by atoms with E-state index < -0.39 is 5.97 Å². The molecule has 0 aliphatic heterocycles. The van der Waals surface area contributed by atoms with Gasteiger partial charge in [0.15, 0.2) is 0 Å². The smallest absolute Gasteiger partial charge is 0.337 e. The largest absolute Gasteiger partial charge is 0.545 e. The van der Waals surface area contributed by atoms with Crippen LogP contribution in [-0.4, -0.2) is 34.0 Å². The number of hydrogen-bond donors (Lipinski definition) is 2. The number of carbonyl (C=O) groups excluding carboxylic acids is 2. The molecule has 1 amide bonds. The van der Waals surface area contributed by atoms with Crippen molar-refractivity contribution < 1.29 is 19.3 Å². The second-order valence-corrected chi connectivity index (χ2v) is 9.39. The number of hydrogen-bond acceptors (Lipinski definition) is 6. The van der Waals surface area contributed by atoms with E-state index in [4.69, 9.17) is 11.6 Å². The lowest BCUT2D eigenvalue weighted by Crippen LogP contribution is -2.43. The van der Waals surface area contributed by atoms with E-state index in [2.05, 4.69) is 25.3 Å². The third kappa shape index (κ3) is 6.03. The van der Waals surface area contributed by atoms with Crippen molar-refractivity contribution in [3.63, 3.8) is 0 Å². The average molecular weight is 498 g/mol. The number of nitrogens with zero attached hydrogens (tertiary/aromatic N) is 3.